The van der Waals surface area contributed by atoms with Crippen molar-refractivity contribution in [3.63, 3.8) is 0 Å². The van der Waals surface area contributed by atoms with E-state index >= 15 is 0 Å². The van der Waals surface area contributed by atoms with E-state index in [0.717, 1.165) is 5.69 Å². The number of carbonyl (C=O) groups excluding carboxylic acids is 1. The molecular weight excluding hydrogens is 168 g/mol. The van der Waals surface area contributed by atoms with Crippen molar-refractivity contribution in [3.8, 4) is 0 Å². The molecular formula is C8H14N4O. The molecule has 5 nitrogen and oxygen atoms in total. The number of amides is 1. The molecule has 0 radical (unpaired) electrons. The molecule has 1 amide bonds. The molecule has 0 aliphatic heterocycles. The molecule has 3 N–H and O–H groups in total. The van der Waals surface area contributed by atoms with Gasteiger partial charge in [0.2, 0.25) is 5.91 Å². The zero-order valence-electron chi connectivity index (χ0n) is 7.79. The van der Waals surface area contributed by atoms with Gasteiger partial charge in [0, 0.05) is 25.4 Å². The predicted molar refractivity (Wildman–Crippen MR) is 49.2 cm³/mol. The molecule has 0 spiro atoms. The molecule has 1 atom stereocenters. The van der Waals surface area contributed by atoms with Crippen molar-refractivity contribution in [2.24, 2.45) is 0 Å². The van der Waals surface area contributed by atoms with E-state index in [1.807, 2.05) is 0 Å². The van der Waals surface area contributed by atoms with Crippen molar-refractivity contribution in [1.29, 1.82) is 0 Å². The van der Waals surface area contributed by atoms with Crippen LogP contribution in [-0.2, 0) is 11.2 Å². The highest BCUT2D eigenvalue weighted by Gasteiger charge is 2.15. The van der Waals surface area contributed by atoms with Gasteiger partial charge in [-0.05, 0) is 7.05 Å². The van der Waals surface area contributed by atoms with Gasteiger partial charge < -0.3 is 15.6 Å². The standard InChI is InChI=1S/C8H14N4O/c1-9-7(8(13)10-2)3-6-4-11-5-12-6/h4-5,7,9H,3H2,1-2H3,(H,10,13)(H,11,12). The molecule has 5 heteroatoms. The van der Waals surface area contributed by atoms with Crippen molar-refractivity contribution >= 4 is 5.91 Å². The smallest absolute Gasteiger partial charge is 0.237 e. The minimum atomic E-state index is -0.203. The lowest BCUT2D eigenvalue weighted by Gasteiger charge is -2.12. The molecule has 1 rings (SSSR count). The summed E-state index contributed by atoms with van der Waals surface area (Å²) in [7, 11) is 3.38. The van der Waals surface area contributed by atoms with Crippen LogP contribution < -0.4 is 10.6 Å². The Bertz CT molecular complexity index is 257. The Morgan fingerprint density at radius 3 is 2.92 bits per heavy atom. The first kappa shape index (κ1) is 9.73. The summed E-state index contributed by atoms with van der Waals surface area (Å²) in [5, 5.41) is 5.52. The van der Waals surface area contributed by atoms with Gasteiger partial charge in [-0.25, -0.2) is 4.98 Å². The Morgan fingerprint density at radius 1 is 1.69 bits per heavy atom. The predicted octanol–water partition coefficient (Wildman–Crippen LogP) is -0.714. The molecule has 0 aromatic carbocycles. The molecule has 1 aromatic rings. The van der Waals surface area contributed by atoms with Gasteiger partial charge in [-0.15, -0.1) is 0 Å². The van der Waals surface area contributed by atoms with Crippen LogP contribution in [0.4, 0.5) is 0 Å². The first-order valence-corrected chi connectivity index (χ1v) is 4.14. The van der Waals surface area contributed by atoms with Crippen LogP contribution in [0.15, 0.2) is 12.5 Å². The van der Waals surface area contributed by atoms with E-state index in [4.69, 9.17) is 0 Å². The molecule has 0 saturated carbocycles. The minimum absolute atomic E-state index is 0.0166. The lowest BCUT2D eigenvalue weighted by atomic mass is 10.1. The molecule has 0 aliphatic carbocycles. The molecule has 0 fully saturated rings. The highest BCUT2D eigenvalue weighted by molar-refractivity contribution is 5.81. The topological polar surface area (TPSA) is 69.8 Å². The minimum Gasteiger partial charge on any atom is -0.358 e. The second-order valence-electron chi connectivity index (χ2n) is 2.74. The monoisotopic (exact) mass is 182 g/mol. The van der Waals surface area contributed by atoms with Gasteiger partial charge in [-0.1, -0.05) is 0 Å². The average Bonchev–Trinajstić information content (AvgIpc) is 2.65. The van der Waals surface area contributed by atoms with E-state index in [1.54, 1.807) is 26.6 Å². The van der Waals surface area contributed by atoms with E-state index < -0.39 is 0 Å². The molecule has 0 aliphatic rings. The molecule has 1 unspecified atom stereocenters. The number of rotatable bonds is 4. The zero-order chi connectivity index (χ0) is 9.68. The molecule has 1 aromatic heterocycles. The number of nitrogens with zero attached hydrogens (tertiary/aromatic N) is 1. The molecule has 72 valence electrons. The van der Waals surface area contributed by atoms with Crippen LogP contribution in [0.25, 0.3) is 0 Å². The number of carbonyl (C=O) groups is 1. The fourth-order valence-corrected chi connectivity index (χ4v) is 1.12. The summed E-state index contributed by atoms with van der Waals surface area (Å²) < 4.78 is 0. The number of H-pyrrole nitrogens is 1. The Kier molecular flexibility index (Phi) is 3.45. The number of imidazole rings is 1. The van der Waals surface area contributed by atoms with Gasteiger partial charge in [0.25, 0.3) is 0 Å². The Labute approximate surface area is 76.9 Å². The van der Waals surface area contributed by atoms with Gasteiger partial charge in [0.05, 0.1) is 12.4 Å². The second kappa shape index (κ2) is 4.61. The van der Waals surface area contributed by atoms with E-state index in [1.165, 1.54) is 0 Å². The van der Waals surface area contributed by atoms with Gasteiger partial charge >= 0.3 is 0 Å². The van der Waals surface area contributed by atoms with Crippen molar-refractivity contribution < 1.29 is 4.79 Å². The summed E-state index contributed by atoms with van der Waals surface area (Å²) >= 11 is 0. The van der Waals surface area contributed by atoms with Crippen LogP contribution in [0.5, 0.6) is 0 Å². The highest BCUT2D eigenvalue weighted by atomic mass is 16.2. The maximum absolute atomic E-state index is 11.3. The third kappa shape index (κ3) is 2.55. The Hall–Kier alpha value is -1.36. The number of likely N-dealkylation sites (N-methyl/N-ethyl adjacent to an activating group) is 2. The zero-order valence-corrected chi connectivity index (χ0v) is 7.79. The number of hydrogen-bond acceptors (Lipinski definition) is 3. The highest BCUT2D eigenvalue weighted by Crippen LogP contribution is 1.97. The van der Waals surface area contributed by atoms with Crippen molar-refractivity contribution in [1.82, 2.24) is 20.6 Å². The van der Waals surface area contributed by atoms with Gasteiger partial charge in [0.15, 0.2) is 0 Å². The van der Waals surface area contributed by atoms with E-state index in [9.17, 15) is 4.79 Å². The molecule has 0 saturated heterocycles. The Morgan fingerprint density at radius 2 is 2.46 bits per heavy atom. The first-order chi connectivity index (χ1) is 6.27. The largest absolute Gasteiger partial charge is 0.358 e. The van der Waals surface area contributed by atoms with Crippen LogP contribution in [-0.4, -0.2) is 36.0 Å². The third-order valence-corrected chi connectivity index (χ3v) is 1.89. The fourth-order valence-electron chi connectivity index (χ4n) is 1.12. The molecule has 13 heavy (non-hydrogen) atoms. The SMILES string of the molecule is CNC(=O)C(Cc1cnc[nH]1)NC. The maximum atomic E-state index is 11.3. The van der Waals surface area contributed by atoms with Gasteiger partial charge in [0.1, 0.15) is 0 Å². The number of hydrogen-bond donors (Lipinski definition) is 3. The van der Waals surface area contributed by atoms with E-state index in [-0.39, 0.29) is 11.9 Å². The lowest BCUT2D eigenvalue weighted by Crippen LogP contribution is -2.42. The summed E-state index contributed by atoms with van der Waals surface area (Å²) in [5.41, 5.74) is 0.947. The van der Waals surface area contributed by atoms with Crippen molar-refractivity contribution in [2.45, 2.75) is 12.5 Å². The van der Waals surface area contributed by atoms with Crippen LogP contribution in [0.2, 0.25) is 0 Å². The summed E-state index contributed by atoms with van der Waals surface area (Å²) in [5.74, 6) is -0.0166. The normalized spacial score (nSPS) is 12.5. The van der Waals surface area contributed by atoms with Crippen molar-refractivity contribution in [2.75, 3.05) is 14.1 Å². The maximum Gasteiger partial charge on any atom is 0.237 e. The van der Waals surface area contributed by atoms with E-state index in [2.05, 4.69) is 20.6 Å². The first-order valence-electron chi connectivity index (χ1n) is 4.14. The number of aromatic nitrogens is 2. The van der Waals surface area contributed by atoms with E-state index in [0.29, 0.717) is 6.42 Å². The molecule has 0 bridgehead atoms. The number of aromatic amines is 1. The Balaban J connectivity index is 2.54. The fraction of sp³-hybridized carbons (Fsp3) is 0.500. The van der Waals surface area contributed by atoms with Crippen molar-refractivity contribution in [3.05, 3.63) is 18.2 Å². The van der Waals surface area contributed by atoms with Crippen LogP contribution in [0, 0.1) is 0 Å². The van der Waals surface area contributed by atoms with Gasteiger partial charge in [-0.3, -0.25) is 4.79 Å². The second-order valence-corrected chi connectivity index (χ2v) is 2.74. The summed E-state index contributed by atoms with van der Waals surface area (Å²) in [6.07, 6.45) is 3.94. The van der Waals surface area contributed by atoms with Crippen LogP contribution in [0.3, 0.4) is 0 Å². The lowest BCUT2D eigenvalue weighted by molar-refractivity contribution is -0.122. The number of nitrogens with one attached hydrogen (secondary N) is 3. The summed E-state index contributed by atoms with van der Waals surface area (Å²) in [6, 6.07) is -0.203. The summed E-state index contributed by atoms with van der Waals surface area (Å²) in [4.78, 5) is 18.1. The third-order valence-electron chi connectivity index (χ3n) is 1.89. The summed E-state index contributed by atoms with van der Waals surface area (Å²) in [6.45, 7) is 0. The average molecular weight is 182 g/mol. The van der Waals surface area contributed by atoms with Crippen LogP contribution >= 0.6 is 0 Å². The van der Waals surface area contributed by atoms with Crippen LogP contribution in [0.1, 0.15) is 5.69 Å². The van der Waals surface area contributed by atoms with Gasteiger partial charge in [-0.2, -0.15) is 0 Å². The quantitative estimate of drug-likeness (QED) is 0.576. The molecule has 1 heterocycles.